The van der Waals surface area contributed by atoms with Crippen LogP contribution in [0.15, 0.2) is 60.7 Å². The van der Waals surface area contributed by atoms with E-state index in [4.69, 9.17) is 0 Å². The molecule has 0 aliphatic heterocycles. The van der Waals surface area contributed by atoms with E-state index in [-0.39, 0.29) is 34.0 Å². The predicted octanol–water partition coefficient (Wildman–Crippen LogP) is -1.28. The van der Waals surface area contributed by atoms with Gasteiger partial charge in [-0.2, -0.15) is 0 Å². The van der Waals surface area contributed by atoms with Gasteiger partial charge >= 0.3 is 0 Å². The molecule has 2 aromatic carbocycles. The zero-order chi connectivity index (χ0) is 18.2. The molecule has 152 valence electrons. The lowest BCUT2D eigenvalue weighted by atomic mass is 10.1. The highest BCUT2D eigenvalue weighted by Crippen LogP contribution is 2.14. The molecule has 2 aromatic rings. The Morgan fingerprint density at radius 2 is 0.852 bits per heavy atom. The third-order valence-electron chi connectivity index (χ3n) is 4.93. The molecule has 2 nitrogen and oxygen atoms in total. The lowest BCUT2D eigenvalue weighted by Gasteiger charge is -2.31. The average molecular weight is 500 g/mol. The number of nitrogens with zero attached hydrogens (tertiary/aromatic N) is 2. The Labute approximate surface area is 187 Å². The molecule has 0 amide bonds. The van der Waals surface area contributed by atoms with Gasteiger partial charge in [-0.25, -0.2) is 0 Å². The van der Waals surface area contributed by atoms with Gasteiger partial charge in [-0.15, -0.1) is 0 Å². The number of halogens is 2. The number of unbranched alkanes of at least 4 members (excludes halogenated alkanes) is 2. The molecule has 0 N–H and O–H groups in total. The Hall–Kier alpha value is -0.680. The molecular weight excluding hydrogens is 464 g/mol. The van der Waals surface area contributed by atoms with Crippen molar-refractivity contribution in [3.63, 3.8) is 0 Å². The zero-order valence-corrected chi connectivity index (χ0v) is 20.5. The fourth-order valence-electron chi connectivity index (χ4n) is 3.57. The molecule has 0 heterocycles. The first kappa shape index (κ1) is 26.3. The highest BCUT2D eigenvalue weighted by molar-refractivity contribution is 5.14. The summed E-state index contributed by atoms with van der Waals surface area (Å²) in [5.41, 5.74) is 2.88. The van der Waals surface area contributed by atoms with E-state index in [1.165, 1.54) is 43.5 Å². The summed E-state index contributed by atoms with van der Waals surface area (Å²) in [7, 11) is 9.40. The van der Waals surface area contributed by atoms with Crippen LogP contribution in [0.5, 0.6) is 0 Å². The van der Waals surface area contributed by atoms with Crippen molar-refractivity contribution in [1.82, 2.24) is 0 Å². The molecule has 0 aromatic heterocycles. The summed E-state index contributed by atoms with van der Waals surface area (Å²) in [6.45, 7) is 4.74. The molecule has 0 bridgehead atoms. The third kappa shape index (κ3) is 11.0. The molecule has 0 spiro atoms. The molecule has 4 heteroatoms. The van der Waals surface area contributed by atoms with E-state index >= 15 is 0 Å². The molecule has 0 saturated carbocycles. The van der Waals surface area contributed by atoms with E-state index in [1.807, 2.05) is 0 Å². The van der Waals surface area contributed by atoms with E-state index in [2.05, 4.69) is 88.9 Å². The summed E-state index contributed by atoms with van der Waals surface area (Å²) in [4.78, 5) is 0. The maximum absolute atomic E-state index is 2.35. The van der Waals surface area contributed by atoms with Gasteiger partial charge in [-0.05, 0) is 19.3 Å². The topological polar surface area (TPSA) is 0 Å². The minimum atomic E-state index is 0. The van der Waals surface area contributed by atoms with Crippen molar-refractivity contribution in [2.45, 2.75) is 32.4 Å². The van der Waals surface area contributed by atoms with Crippen LogP contribution in [0.25, 0.3) is 0 Å². The molecule has 0 fully saturated rings. The van der Waals surface area contributed by atoms with Gasteiger partial charge in [0, 0.05) is 11.1 Å². The van der Waals surface area contributed by atoms with Crippen LogP contribution >= 0.6 is 0 Å². The molecule has 0 unspecified atom stereocenters. The Bertz CT molecular complexity index is 557. The summed E-state index contributed by atoms with van der Waals surface area (Å²) >= 11 is 0. The standard InChI is InChI=1S/C23H36N2.2BrH/c1-24(2,20-22-14-8-5-9-15-22)18-12-7-13-19-25(3,4)21-23-16-10-6-11-17-23;;/h5-6,8-11,14-17H,7,12-13,18-21H2,1-4H3;2*1H/q+2;;/p-2. The minimum Gasteiger partial charge on any atom is -1.00 e. The molecule has 0 atom stereocenters. The number of rotatable bonds is 10. The highest BCUT2D eigenvalue weighted by atomic mass is 79.9. The summed E-state index contributed by atoms with van der Waals surface area (Å²) in [6.07, 6.45) is 3.95. The van der Waals surface area contributed by atoms with Crippen LogP contribution in [-0.4, -0.2) is 50.2 Å². The normalized spacial score (nSPS) is 11.4. The highest BCUT2D eigenvalue weighted by Gasteiger charge is 2.17. The fourth-order valence-corrected chi connectivity index (χ4v) is 3.57. The smallest absolute Gasteiger partial charge is 0.104 e. The second kappa shape index (κ2) is 12.7. The van der Waals surface area contributed by atoms with Gasteiger partial charge in [-0.1, -0.05) is 60.7 Å². The summed E-state index contributed by atoms with van der Waals surface area (Å²) in [5.74, 6) is 0. The van der Waals surface area contributed by atoms with Gasteiger partial charge in [0.05, 0.1) is 41.3 Å². The fraction of sp³-hybridized carbons (Fsp3) is 0.478. The SMILES string of the molecule is C[N+](C)(CCCCC[N+](C)(C)Cc1ccccc1)Cc1ccccc1.[Br-].[Br-]. The first-order valence-corrected chi connectivity index (χ1v) is 9.58. The third-order valence-corrected chi connectivity index (χ3v) is 4.93. The lowest BCUT2D eigenvalue weighted by molar-refractivity contribution is -0.905. The number of benzene rings is 2. The lowest BCUT2D eigenvalue weighted by Crippen LogP contribution is -3.00. The van der Waals surface area contributed by atoms with Crippen molar-refractivity contribution in [2.24, 2.45) is 0 Å². The van der Waals surface area contributed by atoms with Crippen LogP contribution in [-0.2, 0) is 13.1 Å². The van der Waals surface area contributed by atoms with Gasteiger partial charge in [0.25, 0.3) is 0 Å². The van der Waals surface area contributed by atoms with Gasteiger partial charge in [0.2, 0.25) is 0 Å². The van der Waals surface area contributed by atoms with Gasteiger partial charge in [-0.3, -0.25) is 0 Å². The Morgan fingerprint density at radius 1 is 0.519 bits per heavy atom. The Morgan fingerprint density at radius 3 is 1.19 bits per heavy atom. The number of hydrogen-bond acceptors (Lipinski definition) is 0. The van der Waals surface area contributed by atoms with Crippen molar-refractivity contribution in [3.8, 4) is 0 Å². The maximum atomic E-state index is 2.35. The van der Waals surface area contributed by atoms with Gasteiger partial charge in [0.15, 0.2) is 0 Å². The quantitative estimate of drug-likeness (QED) is 0.282. The maximum Gasteiger partial charge on any atom is 0.104 e. The Balaban J connectivity index is 0.00000338. The molecule has 0 saturated heterocycles. The van der Waals surface area contributed by atoms with Gasteiger partial charge in [0.1, 0.15) is 13.1 Å². The van der Waals surface area contributed by atoms with Gasteiger partial charge < -0.3 is 42.9 Å². The minimum absolute atomic E-state index is 0. The van der Waals surface area contributed by atoms with Crippen LogP contribution in [0.2, 0.25) is 0 Å². The van der Waals surface area contributed by atoms with E-state index in [0.717, 1.165) is 22.1 Å². The first-order chi connectivity index (χ1) is 11.9. The average Bonchev–Trinajstić information content (AvgIpc) is 2.55. The number of hydrogen-bond donors (Lipinski definition) is 0. The molecule has 0 radical (unpaired) electrons. The van der Waals surface area contributed by atoms with Crippen LogP contribution in [0.3, 0.4) is 0 Å². The van der Waals surface area contributed by atoms with Crippen molar-refractivity contribution in [3.05, 3.63) is 71.8 Å². The van der Waals surface area contributed by atoms with Crippen LogP contribution in [0, 0.1) is 0 Å². The van der Waals surface area contributed by atoms with Crippen molar-refractivity contribution in [1.29, 1.82) is 0 Å². The van der Waals surface area contributed by atoms with Crippen LogP contribution < -0.4 is 34.0 Å². The van der Waals surface area contributed by atoms with Crippen molar-refractivity contribution < 1.29 is 42.9 Å². The molecule has 0 aliphatic carbocycles. The monoisotopic (exact) mass is 498 g/mol. The largest absolute Gasteiger partial charge is 1.00 e. The second-order valence-corrected chi connectivity index (χ2v) is 8.67. The molecule has 27 heavy (non-hydrogen) atoms. The zero-order valence-electron chi connectivity index (χ0n) is 17.4. The van der Waals surface area contributed by atoms with Crippen LogP contribution in [0.4, 0.5) is 0 Å². The Kier molecular flexibility index (Phi) is 12.4. The second-order valence-electron chi connectivity index (χ2n) is 8.67. The first-order valence-electron chi connectivity index (χ1n) is 9.58. The predicted molar refractivity (Wildman–Crippen MR) is 108 cm³/mol. The van der Waals surface area contributed by atoms with Crippen LogP contribution in [0.1, 0.15) is 30.4 Å². The molecule has 2 rings (SSSR count). The summed E-state index contributed by atoms with van der Waals surface area (Å²) in [6, 6.07) is 21.7. The van der Waals surface area contributed by atoms with E-state index in [9.17, 15) is 0 Å². The van der Waals surface area contributed by atoms with Crippen molar-refractivity contribution >= 4 is 0 Å². The molecular formula is C23H36Br2N2. The van der Waals surface area contributed by atoms with E-state index < -0.39 is 0 Å². The van der Waals surface area contributed by atoms with E-state index in [0.29, 0.717) is 0 Å². The van der Waals surface area contributed by atoms with E-state index in [1.54, 1.807) is 0 Å². The molecule has 0 aliphatic rings. The summed E-state index contributed by atoms with van der Waals surface area (Å²) < 4.78 is 2.15. The summed E-state index contributed by atoms with van der Waals surface area (Å²) in [5, 5.41) is 0. The number of quaternary nitrogens is 2. The van der Waals surface area contributed by atoms with Crippen molar-refractivity contribution in [2.75, 3.05) is 41.3 Å².